The number of rotatable bonds is 3. The van der Waals surface area contributed by atoms with E-state index in [0.29, 0.717) is 0 Å². The molecular formula is C11H14BrNO2. The zero-order valence-corrected chi connectivity index (χ0v) is 10.6. The smallest absolute Gasteiger partial charge is 0.260 e. The van der Waals surface area contributed by atoms with Crippen molar-refractivity contribution < 1.29 is 9.53 Å². The molecule has 1 N–H and O–H groups in total. The third kappa shape index (κ3) is 3.23. The zero-order chi connectivity index (χ0) is 11.4. The summed E-state index contributed by atoms with van der Waals surface area (Å²) in [6.45, 7) is 3.66. The molecule has 0 saturated carbocycles. The zero-order valence-electron chi connectivity index (χ0n) is 9.00. The van der Waals surface area contributed by atoms with Crippen molar-refractivity contribution >= 4 is 21.8 Å². The molecule has 1 amide bonds. The maximum absolute atomic E-state index is 11.3. The van der Waals surface area contributed by atoms with E-state index in [1.807, 2.05) is 25.1 Å². The molecule has 1 aromatic rings. The summed E-state index contributed by atoms with van der Waals surface area (Å²) in [7, 11) is 1.59. The molecule has 0 fully saturated rings. The van der Waals surface area contributed by atoms with Crippen molar-refractivity contribution in [3.05, 3.63) is 28.2 Å². The van der Waals surface area contributed by atoms with Crippen molar-refractivity contribution in [1.29, 1.82) is 0 Å². The monoisotopic (exact) mass is 271 g/mol. The van der Waals surface area contributed by atoms with Crippen LogP contribution in [0.25, 0.3) is 0 Å². The van der Waals surface area contributed by atoms with Crippen molar-refractivity contribution in [2.75, 3.05) is 7.05 Å². The average Bonchev–Trinajstić information content (AvgIpc) is 2.22. The maximum atomic E-state index is 11.3. The van der Waals surface area contributed by atoms with Crippen LogP contribution in [0.2, 0.25) is 0 Å². The van der Waals surface area contributed by atoms with Gasteiger partial charge in [0.1, 0.15) is 5.75 Å². The van der Waals surface area contributed by atoms with Crippen LogP contribution in [0.15, 0.2) is 22.7 Å². The van der Waals surface area contributed by atoms with Crippen LogP contribution in [0.3, 0.4) is 0 Å². The van der Waals surface area contributed by atoms with E-state index in [2.05, 4.69) is 21.2 Å². The molecule has 0 heterocycles. The molecule has 3 nitrogen and oxygen atoms in total. The van der Waals surface area contributed by atoms with E-state index >= 15 is 0 Å². The lowest BCUT2D eigenvalue weighted by Crippen LogP contribution is -2.33. The molecule has 1 aromatic carbocycles. The highest BCUT2D eigenvalue weighted by molar-refractivity contribution is 9.10. The molecule has 1 rings (SSSR count). The quantitative estimate of drug-likeness (QED) is 0.916. The number of carbonyl (C=O) groups is 1. The van der Waals surface area contributed by atoms with E-state index < -0.39 is 6.10 Å². The van der Waals surface area contributed by atoms with Gasteiger partial charge in [-0.1, -0.05) is 22.0 Å². The van der Waals surface area contributed by atoms with Gasteiger partial charge in [-0.2, -0.15) is 0 Å². The molecule has 4 heteroatoms. The number of hydrogen-bond donors (Lipinski definition) is 1. The standard InChI is InChI=1S/C11H14BrNO2/c1-7-4-5-9(12)6-10(7)15-8(2)11(14)13-3/h4-6,8H,1-3H3,(H,13,14). The Labute approximate surface area is 97.9 Å². The van der Waals surface area contributed by atoms with Crippen LogP contribution < -0.4 is 10.1 Å². The molecule has 1 unspecified atom stereocenters. The molecule has 0 radical (unpaired) electrons. The molecule has 0 aromatic heterocycles. The predicted octanol–water partition coefficient (Wildman–Crippen LogP) is 2.27. The number of benzene rings is 1. The minimum atomic E-state index is -0.483. The van der Waals surface area contributed by atoms with Gasteiger partial charge in [-0.25, -0.2) is 0 Å². The number of nitrogens with one attached hydrogen (secondary N) is 1. The Balaban J connectivity index is 2.80. The molecule has 1 atom stereocenters. The lowest BCUT2D eigenvalue weighted by molar-refractivity contribution is -0.126. The predicted molar refractivity (Wildman–Crippen MR) is 63.0 cm³/mol. The van der Waals surface area contributed by atoms with Crippen LogP contribution in [0.1, 0.15) is 12.5 Å². The Hall–Kier alpha value is -1.03. The van der Waals surface area contributed by atoms with Gasteiger partial charge in [0, 0.05) is 11.5 Å². The van der Waals surface area contributed by atoms with Gasteiger partial charge in [-0.05, 0) is 31.5 Å². The van der Waals surface area contributed by atoms with E-state index in [1.165, 1.54) is 0 Å². The van der Waals surface area contributed by atoms with Crippen LogP contribution in [-0.2, 0) is 4.79 Å². The Morgan fingerprint density at radius 2 is 2.20 bits per heavy atom. The second kappa shape index (κ2) is 5.16. The third-order valence-corrected chi connectivity index (χ3v) is 2.56. The van der Waals surface area contributed by atoms with Crippen LogP contribution in [-0.4, -0.2) is 19.1 Å². The first-order valence-electron chi connectivity index (χ1n) is 4.69. The summed E-state index contributed by atoms with van der Waals surface area (Å²) in [6.07, 6.45) is -0.483. The second-order valence-corrected chi connectivity index (χ2v) is 4.20. The summed E-state index contributed by atoms with van der Waals surface area (Å²) in [6, 6.07) is 5.73. The summed E-state index contributed by atoms with van der Waals surface area (Å²) in [5.74, 6) is 0.592. The third-order valence-electron chi connectivity index (χ3n) is 2.07. The first-order chi connectivity index (χ1) is 7.04. The highest BCUT2D eigenvalue weighted by Crippen LogP contribution is 2.23. The van der Waals surface area contributed by atoms with Crippen LogP contribution >= 0.6 is 15.9 Å². The van der Waals surface area contributed by atoms with Gasteiger partial charge < -0.3 is 10.1 Å². The average molecular weight is 272 g/mol. The molecule has 0 bridgehead atoms. The first-order valence-corrected chi connectivity index (χ1v) is 5.48. The molecule has 0 spiro atoms. The normalized spacial score (nSPS) is 12.0. The van der Waals surface area contributed by atoms with E-state index in [9.17, 15) is 4.79 Å². The number of ether oxygens (including phenoxy) is 1. The first kappa shape index (κ1) is 12.0. The largest absolute Gasteiger partial charge is 0.481 e. The van der Waals surface area contributed by atoms with Crippen molar-refractivity contribution in [3.63, 3.8) is 0 Å². The summed E-state index contributed by atoms with van der Waals surface area (Å²) in [5, 5.41) is 2.54. The van der Waals surface area contributed by atoms with Crippen molar-refractivity contribution in [1.82, 2.24) is 5.32 Å². The fourth-order valence-corrected chi connectivity index (χ4v) is 1.49. The van der Waals surface area contributed by atoms with Gasteiger partial charge in [0.05, 0.1) is 0 Å². The Bertz CT molecular complexity index is 366. The lowest BCUT2D eigenvalue weighted by Gasteiger charge is -2.15. The van der Waals surface area contributed by atoms with Crippen LogP contribution in [0.4, 0.5) is 0 Å². The SMILES string of the molecule is CNC(=O)C(C)Oc1cc(Br)ccc1C. The molecule has 0 aliphatic heterocycles. The van der Waals surface area contributed by atoms with E-state index in [1.54, 1.807) is 14.0 Å². The number of amides is 1. The second-order valence-electron chi connectivity index (χ2n) is 3.28. The lowest BCUT2D eigenvalue weighted by atomic mass is 10.2. The Morgan fingerprint density at radius 1 is 1.53 bits per heavy atom. The highest BCUT2D eigenvalue weighted by atomic mass is 79.9. The van der Waals surface area contributed by atoms with Gasteiger partial charge in [-0.3, -0.25) is 4.79 Å². The molecule has 0 saturated heterocycles. The molecule has 0 aliphatic rings. The van der Waals surface area contributed by atoms with Gasteiger partial charge in [0.2, 0.25) is 0 Å². The Kier molecular flexibility index (Phi) is 4.15. The topological polar surface area (TPSA) is 38.3 Å². The molecule has 0 aliphatic carbocycles. The van der Waals surface area contributed by atoms with Gasteiger partial charge in [-0.15, -0.1) is 0 Å². The van der Waals surface area contributed by atoms with Crippen LogP contribution in [0, 0.1) is 6.92 Å². The van der Waals surface area contributed by atoms with Gasteiger partial charge in [0.25, 0.3) is 5.91 Å². The number of likely N-dealkylation sites (N-methyl/N-ethyl adjacent to an activating group) is 1. The summed E-state index contributed by atoms with van der Waals surface area (Å²) in [4.78, 5) is 11.3. The molecule has 82 valence electrons. The number of hydrogen-bond acceptors (Lipinski definition) is 2. The van der Waals surface area contributed by atoms with Gasteiger partial charge in [0.15, 0.2) is 6.10 Å². The minimum Gasteiger partial charge on any atom is -0.481 e. The Morgan fingerprint density at radius 3 is 2.80 bits per heavy atom. The summed E-state index contributed by atoms with van der Waals surface area (Å²) < 4.78 is 6.47. The fraction of sp³-hybridized carbons (Fsp3) is 0.364. The molecule has 15 heavy (non-hydrogen) atoms. The minimum absolute atomic E-state index is 0.130. The van der Waals surface area contributed by atoms with Gasteiger partial charge >= 0.3 is 0 Å². The number of aryl methyl sites for hydroxylation is 1. The fourth-order valence-electron chi connectivity index (χ4n) is 1.15. The van der Waals surface area contributed by atoms with E-state index in [-0.39, 0.29) is 5.91 Å². The maximum Gasteiger partial charge on any atom is 0.260 e. The molecular weight excluding hydrogens is 258 g/mol. The van der Waals surface area contributed by atoms with Crippen molar-refractivity contribution in [3.8, 4) is 5.75 Å². The number of halogens is 1. The number of carbonyl (C=O) groups excluding carboxylic acids is 1. The highest BCUT2D eigenvalue weighted by Gasteiger charge is 2.13. The van der Waals surface area contributed by atoms with Crippen molar-refractivity contribution in [2.45, 2.75) is 20.0 Å². The van der Waals surface area contributed by atoms with E-state index in [0.717, 1.165) is 15.8 Å². The summed E-state index contributed by atoms with van der Waals surface area (Å²) >= 11 is 3.36. The summed E-state index contributed by atoms with van der Waals surface area (Å²) in [5.41, 5.74) is 1.01. The van der Waals surface area contributed by atoms with Crippen LogP contribution in [0.5, 0.6) is 5.75 Å². The van der Waals surface area contributed by atoms with E-state index in [4.69, 9.17) is 4.74 Å². The van der Waals surface area contributed by atoms with Crippen molar-refractivity contribution in [2.24, 2.45) is 0 Å².